The number of nitrogens with zero attached hydrogens (tertiary/aromatic N) is 4. The standard InChI is InChI=1S/C30H31F2N5O4/c31-21-7-9-23(24(14-21)19-4-2-1-3-5-19)28(38)36-12-10-30(40,11-13-36)17-37-18-35-27(26(34)29(37)39)41-22-8-6-20(16-33)25(32)15-22/h1-6,8,15,18,21,23-24,40H,7,9-14,17,34H2/t21?,23-,24+/m1/s1. The minimum absolute atomic E-state index is 0.0167. The van der Waals surface area contributed by atoms with Gasteiger partial charge in [-0.25, -0.2) is 13.8 Å². The number of rotatable bonds is 6. The van der Waals surface area contributed by atoms with Crippen LogP contribution in [0.2, 0.25) is 0 Å². The van der Waals surface area contributed by atoms with E-state index in [0.29, 0.717) is 32.4 Å². The minimum atomic E-state index is -1.28. The van der Waals surface area contributed by atoms with Crippen LogP contribution >= 0.6 is 0 Å². The lowest BCUT2D eigenvalue weighted by molar-refractivity contribution is -0.142. The Kier molecular flexibility index (Phi) is 8.03. The highest BCUT2D eigenvalue weighted by atomic mass is 19.1. The van der Waals surface area contributed by atoms with Crippen LogP contribution in [0.5, 0.6) is 11.6 Å². The van der Waals surface area contributed by atoms with E-state index < -0.39 is 23.1 Å². The first kappa shape index (κ1) is 28.2. The van der Waals surface area contributed by atoms with Gasteiger partial charge in [-0.05, 0) is 55.7 Å². The molecule has 1 amide bonds. The number of halogens is 2. The van der Waals surface area contributed by atoms with Crippen molar-refractivity contribution in [3.8, 4) is 17.7 Å². The number of carbonyl (C=O) groups excluding carboxylic acids is 1. The molecule has 1 aliphatic carbocycles. The number of piperidine rings is 1. The van der Waals surface area contributed by atoms with E-state index in [2.05, 4.69) is 4.98 Å². The number of amides is 1. The maximum atomic E-state index is 14.3. The largest absolute Gasteiger partial charge is 0.437 e. The summed E-state index contributed by atoms with van der Waals surface area (Å²) in [5, 5.41) is 20.2. The van der Waals surface area contributed by atoms with Crippen LogP contribution in [0, 0.1) is 23.1 Å². The number of nitriles is 1. The lowest BCUT2D eigenvalue weighted by Crippen LogP contribution is -2.51. The second-order valence-corrected chi connectivity index (χ2v) is 10.8. The van der Waals surface area contributed by atoms with Crippen molar-refractivity contribution in [3.63, 3.8) is 0 Å². The van der Waals surface area contributed by atoms with Crippen LogP contribution in [0.25, 0.3) is 0 Å². The molecule has 11 heteroatoms. The molecule has 0 spiro atoms. The zero-order chi connectivity index (χ0) is 29.1. The highest BCUT2D eigenvalue weighted by Gasteiger charge is 2.41. The lowest BCUT2D eigenvalue weighted by atomic mass is 9.73. The average Bonchev–Trinajstić information content (AvgIpc) is 2.97. The van der Waals surface area contributed by atoms with Crippen molar-refractivity contribution in [2.75, 3.05) is 18.8 Å². The Morgan fingerprint density at radius 2 is 1.93 bits per heavy atom. The zero-order valence-corrected chi connectivity index (χ0v) is 22.4. The van der Waals surface area contributed by atoms with Gasteiger partial charge in [0.1, 0.15) is 30.1 Å². The predicted molar refractivity (Wildman–Crippen MR) is 146 cm³/mol. The zero-order valence-electron chi connectivity index (χ0n) is 22.4. The first-order valence-corrected chi connectivity index (χ1v) is 13.6. The SMILES string of the molecule is N#Cc1ccc(Oc2ncn(CC3(O)CCN(C(=O)[C@@H]4CCC(F)C[C@H]4c4ccccc4)CC3)c(=O)c2N)cc1F. The molecule has 1 aromatic heterocycles. The van der Waals surface area contributed by atoms with Gasteiger partial charge >= 0.3 is 0 Å². The van der Waals surface area contributed by atoms with Crippen molar-refractivity contribution < 1.29 is 23.4 Å². The maximum absolute atomic E-state index is 14.3. The summed E-state index contributed by atoms with van der Waals surface area (Å²) < 4.78 is 34.9. The fourth-order valence-corrected chi connectivity index (χ4v) is 5.78. The van der Waals surface area contributed by atoms with Crippen LogP contribution in [0.3, 0.4) is 0 Å². The van der Waals surface area contributed by atoms with Gasteiger partial charge in [-0.3, -0.25) is 14.2 Å². The molecule has 2 fully saturated rings. The van der Waals surface area contributed by atoms with Gasteiger partial charge in [0.2, 0.25) is 11.8 Å². The average molecular weight is 564 g/mol. The van der Waals surface area contributed by atoms with E-state index in [9.17, 15) is 23.5 Å². The molecule has 1 saturated carbocycles. The van der Waals surface area contributed by atoms with E-state index in [0.717, 1.165) is 11.6 Å². The molecule has 2 aliphatic rings. The Hall–Kier alpha value is -4.30. The number of alkyl halides is 1. The molecule has 3 atom stereocenters. The summed E-state index contributed by atoms with van der Waals surface area (Å²) in [6.45, 7) is 0.515. The number of ether oxygens (including phenoxy) is 1. The second-order valence-electron chi connectivity index (χ2n) is 10.8. The van der Waals surface area contributed by atoms with Crippen LogP contribution in [-0.4, -0.2) is 50.3 Å². The van der Waals surface area contributed by atoms with Crippen molar-refractivity contribution >= 4 is 11.6 Å². The molecular weight excluding hydrogens is 532 g/mol. The number of nitrogens with two attached hydrogens (primary N) is 1. The minimum Gasteiger partial charge on any atom is -0.437 e. The summed E-state index contributed by atoms with van der Waals surface area (Å²) in [4.78, 5) is 32.3. The van der Waals surface area contributed by atoms with Gasteiger partial charge < -0.3 is 20.5 Å². The van der Waals surface area contributed by atoms with Gasteiger partial charge in [-0.1, -0.05) is 30.3 Å². The molecule has 2 heterocycles. The smallest absolute Gasteiger partial charge is 0.280 e. The number of benzene rings is 2. The van der Waals surface area contributed by atoms with E-state index in [1.165, 1.54) is 23.0 Å². The van der Waals surface area contributed by atoms with Gasteiger partial charge in [-0.2, -0.15) is 5.26 Å². The van der Waals surface area contributed by atoms with Crippen LogP contribution < -0.4 is 16.0 Å². The Labute approximate surface area is 235 Å². The maximum Gasteiger partial charge on any atom is 0.280 e. The quantitative estimate of drug-likeness (QED) is 0.464. The summed E-state index contributed by atoms with van der Waals surface area (Å²) in [5.41, 5.74) is 4.54. The molecule has 0 bridgehead atoms. The van der Waals surface area contributed by atoms with E-state index in [-0.39, 0.29) is 60.0 Å². The summed E-state index contributed by atoms with van der Waals surface area (Å²) >= 11 is 0. The molecule has 3 aromatic rings. The first-order valence-electron chi connectivity index (χ1n) is 13.6. The molecule has 41 heavy (non-hydrogen) atoms. The number of nitrogen functional groups attached to an aromatic ring is 1. The van der Waals surface area contributed by atoms with Crippen molar-refractivity contribution in [1.82, 2.24) is 14.5 Å². The van der Waals surface area contributed by atoms with Gasteiger partial charge in [0, 0.05) is 25.1 Å². The lowest BCUT2D eigenvalue weighted by Gasteiger charge is -2.42. The van der Waals surface area contributed by atoms with Gasteiger partial charge in [-0.15, -0.1) is 0 Å². The third kappa shape index (κ3) is 6.07. The Bertz CT molecular complexity index is 1520. The molecule has 214 valence electrons. The number of carbonyl (C=O) groups is 1. The Balaban J connectivity index is 1.23. The number of anilines is 1. The molecule has 1 unspecified atom stereocenters. The van der Waals surface area contributed by atoms with Crippen LogP contribution in [0.1, 0.15) is 49.1 Å². The summed E-state index contributed by atoms with van der Waals surface area (Å²) in [5.74, 6) is -1.53. The number of hydrogen-bond donors (Lipinski definition) is 2. The van der Waals surface area contributed by atoms with E-state index >= 15 is 0 Å². The first-order chi connectivity index (χ1) is 19.7. The summed E-state index contributed by atoms with van der Waals surface area (Å²) in [6.07, 6.45) is 1.89. The molecule has 5 rings (SSSR count). The third-order valence-corrected chi connectivity index (χ3v) is 8.11. The molecule has 2 aromatic carbocycles. The number of likely N-dealkylation sites (tertiary alicyclic amines) is 1. The monoisotopic (exact) mass is 563 g/mol. The normalized spacial score (nSPS) is 22.1. The fraction of sp³-hybridized carbons (Fsp3) is 0.400. The molecule has 0 radical (unpaired) electrons. The highest BCUT2D eigenvalue weighted by Crippen LogP contribution is 2.41. The highest BCUT2D eigenvalue weighted by molar-refractivity contribution is 5.80. The fourth-order valence-electron chi connectivity index (χ4n) is 5.78. The molecular formula is C30H31F2N5O4. The summed E-state index contributed by atoms with van der Waals surface area (Å²) in [6, 6.07) is 14.9. The van der Waals surface area contributed by atoms with Crippen molar-refractivity contribution in [2.45, 2.75) is 56.3 Å². The third-order valence-electron chi connectivity index (χ3n) is 8.11. The van der Waals surface area contributed by atoms with Gasteiger partial charge in [0.05, 0.1) is 17.7 Å². The van der Waals surface area contributed by atoms with Gasteiger partial charge in [0.25, 0.3) is 5.56 Å². The van der Waals surface area contributed by atoms with Crippen molar-refractivity contribution in [1.29, 1.82) is 5.26 Å². The van der Waals surface area contributed by atoms with E-state index in [1.54, 1.807) is 11.0 Å². The number of aromatic nitrogens is 2. The van der Waals surface area contributed by atoms with E-state index in [1.807, 2.05) is 30.3 Å². The Morgan fingerprint density at radius 1 is 1.20 bits per heavy atom. The van der Waals surface area contributed by atoms with Crippen LogP contribution in [-0.2, 0) is 11.3 Å². The van der Waals surface area contributed by atoms with Gasteiger partial charge in [0.15, 0.2) is 5.69 Å². The molecule has 1 aliphatic heterocycles. The van der Waals surface area contributed by atoms with Crippen LogP contribution in [0.15, 0.2) is 59.7 Å². The molecule has 9 nitrogen and oxygen atoms in total. The predicted octanol–water partition coefficient (Wildman–Crippen LogP) is 3.90. The summed E-state index contributed by atoms with van der Waals surface area (Å²) in [7, 11) is 0. The van der Waals surface area contributed by atoms with E-state index in [4.69, 9.17) is 15.7 Å². The second kappa shape index (κ2) is 11.7. The molecule has 3 N–H and O–H groups in total. The number of aliphatic hydroxyl groups is 1. The Morgan fingerprint density at radius 3 is 2.61 bits per heavy atom. The topological polar surface area (TPSA) is 134 Å². The van der Waals surface area contributed by atoms with Crippen LogP contribution in [0.4, 0.5) is 14.5 Å². The van der Waals surface area contributed by atoms with Crippen molar-refractivity contribution in [3.05, 3.63) is 82.2 Å². The van der Waals surface area contributed by atoms with Crippen molar-refractivity contribution in [2.24, 2.45) is 5.92 Å². The molecule has 1 saturated heterocycles. The number of hydrogen-bond acceptors (Lipinski definition) is 7.